The van der Waals surface area contributed by atoms with E-state index >= 15 is 0 Å². The summed E-state index contributed by atoms with van der Waals surface area (Å²) >= 11 is 13.5. The number of anilines is 3. The van der Waals surface area contributed by atoms with Gasteiger partial charge in [-0.15, -0.1) is 11.3 Å². The molecular formula is C14H10Cl2N4OS. The van der Waals surface area contributed by atoms with Gasteiger partial charge in [0.1, 0.15) is 11.4 Å². The number of nitrogens with one attached hydrogen (secondary N) is 2. The maximum Gasteiger partial charge on any atom is 0.210 e. The molecule has 0 fully saturated rings. The van der Waals surface area contributed by atoms with E-state index < -0.39 is 0 Å². The van der Waals surface area contributed by atoms with E-state index in [0.717, 1.165) is 0 Å². The summed E-state index contributed by atoms with van der Waals surface area (Å²) in [6, 6.07) is 8.68. The van der Waals surface area contributed by atoms with Crippen molar-refractivity contribution in [3.63, 3.8) is 0 Å². The molecule has 0 spiro atoms. The fourth-order valence-corrected chi connectivity index (χ4v) is 2.95. The van der Waals surface area contributed by atoms with Gasteiger partial charge in [0.15, 0.2) is 5.82 Å². The molecule has 112 valence electrons. The second-order valence-electron chi connectivity index (χ2n) is 4.39. The molecule has 0 radical (unpaired) electrons. The smallest absolute Gasteiger partial charge is 0.210 e. The van der Waals surface area contributed by atoms with Crippen LogP contribution < -0.4 is 11.1 Å². The van der Waals surface area contributed by atoms with Gasteiger partial charge in [-0.2, -0.15) is 5.10 Å². The van der Waals surface area contributed by atoms with Crippen molar-refractivity contribution in [1.82, 2.24) is 10.2 Å². The van der Waals surface area contributed by atoms with Crippen molar-refractivity contribution in [3.8, 4) is 0 Å². The topological polar surface area (TPSA) is 83.8 Å². The largest absolute Gasteiger partial charge is 0.383 e. The number of rotatable bonds is 4. The third-order valence-corrected chi connectivity index (χ3v) is 4.66. The highest BCUT2D eigenvalue weighted by Gasteiger charge is 2.22. The van der Waals surface area contributed by atoms with Crippen LogP contribution in [0.15, 0.2) is 35.7 Å². The molecule has 0 aliphatic rings. The van der Waals surface area contributed by atoms with Crippen LogP contribution in [0.4, 0.5) is 17.3 Å². The zero-order valence-electron chi connectivity index (χ0n) is 11.1. The molecule has 0 aliphatic carbocycles. The fraction of sp³-hybridized carbons (Fsp3) is 0. The lowest BCUT2D eigenvalue weighted by Crippen LogP contribution is -2.05. The predicted molar refractivity (Wildman–Crippen MR) is 90.5 cm³/mol. The van der Waals surface area contributed by atoms with Gasteiger partial charge in [0, 0.05) is 0 Å². The van der Waals surface area contributed by atoms with Crippen LogP contribution in [0.2, 0.25) is 10.0 Å². The lowest BCUT2D eigenvalue weighted by atomic mass is 10.1. The molecule has 22 heavy (non-hydrogen) atoms. The normalized spacial score (nSPS) is 10.6. The zero-order chi connectivity index (χ0) is 15.7. The average molecular weight is 353 g/mol. The molecule has 0 bridgehead atoms. The Hall–Kier alpha value is -2.02. The second kappa shape index (κ2) is 6.00. The van der Waals surface area contributed by atoms with Crippen LogP contribution in [-0.2, 0) is 0 Å². The zero-order valence-corrected chi connectivity index (χ0v) is 13.4. The maximum atomic E-state index is 12.5. The summed E-state index contributed by atoms with van der Waals surface area (Å²) in [4.78, 5) is 13.1. The Kier molecular flexibility index (Phi) is 4.06. The predicted octanol–water partition coefficient (Wildman–Crippen LogP) is 4.33. The Morgan fingerprint density at radius 3 is 2.82 bits per heavy atom. The first-order chi connectivity index (χ1) is 10.6. The standard InChI is InChI=1S/C14H10Cl2N4OS/c15-7-3-1-4-8(11(7)16)18-14-10(13(17)19-20-14)12(21)9-5-2-6-22-9/h1-6H,(H4,17,18,19,20). The highest BCUT2D eigenvalue weighted by Crippen LogP contribution is 2.33. The number of thiophene rings is 1. The van der Waals surface area contributed by atoms with Crippen molar-refractivity contribution in [1.29, 1.82) is 0 Å². The van der Waals surface area contributed by atoms with Crippen molar-refractivity contribution in [2.24, 2.45) is 0 Å². The molecule has 0 saturated heterocycles. The molecular weight excluding hydrogens is 343 g/mol. The number of nitrogens with zero attached hydrogens (tertiary/aromatic N) is 1. The van der Waals surface area contributed by atoms with Crippen molar-refractivity contribution < 1.29 is 4.79 Å². The van der Waals surface area contributed by atoms with E-state index in [-0.39, 0.29) is 17.2 Å². The SMILES string of the molecule is Nc1[nH]nc(Nc2cccc(Cl)c2Cl)c1C(=O)c1cccs1. The van der Waals surface area contributed by atoms with Gasteiger partial charge < -0.3 is 11.1 Å². The second-order valence-corrected chi connectivity index (χ2v) is 6.13. The van der Waals surface area contributed by atoms with Crippen LogP contribution in [-0.4, -0.2) is 16.0 Å². The number of benzene rings is 1. The lowest BCUT2D eigenvalue weighted by Gasteiger charge is -2.08. The van der Waals surface area contributed by atoms with Crippen LogP contribution in [0.25, 0.3) is 0 Å². The van der Waals surface area contributed by atoms with Gasteiger partial charge in [0.2, 0.25) is 5.78 Å². The minimum atomic E-state index is -0.207. The molecule has 0 aliphatic heterocycles. The Labute approximate surface area is 140 Å². The van der Waals surface area contributed by atoms with Gasteiger partial charge in [-0.3, -0.25) is 9.89 Å². The number of nitrogens with two attached hydrogens (primary N) is 1. The van der Waals surface area contributed by atoms with Gasteiger partial charge in [-0.1, -0.05) is 35.3 Å². The highest BCUT2D eigenvalue weighted by molar-refractivity contribution is 7.12. The van der Waals surface area contributed by atoms with E-state index in [2.05, 4.69) is 15.5 Å². The van der Waals surface area contributed by atoms with Crippen LogP contribution in [0.5, 0.6) is 0 Å². The van der Waals surface area contributed by atoms with E-state index in [1.807, 2.05) is 5.38 Å². The number of carbonyl (C=O) groups excluding carboxylic acids is 1. The third-order valence-electron chi connectivity index (χ3n) is 2.97. The molecule has 4 N–H and O–H groups in total. The molecule has 2 heterocycles. The monoisotopic (exact) mass is 352 g/mol. The highest BCUT2D eigenvalue weighted by atomic mass is 35.5. The van der Waals surface area contributed by atoms with E-state index in [1.54, 1.807) is 30.3 Å². The molecule has 2 aromatic heterocycles. The summed E-state index contributed by atoms with van der Waals surface area (Å²) in [6.45, 7) is 0. The number of hydrogen-bond donors (Lipinski definition) is 3. The number of nitrogen functional groups attached to an aromatic ring is 1. The first kappa shape index (κ1) is 14.9. The van der Waals surface area contributed by atoms with E-state index in [9.17, 15) is 4.79 Å². The molecule has 0 amide bonds. The molecule has 3 rings (SSSR count). The molecule has 3 aromatic rings. The Bertz CT molecular complexity index is 829. The fourth-order valence-electron chi connectivity index (χ4n) is 1.93. The van der Waals surface area contributed by atoms with E-state index in [1.165, 1.54) is 11.3 Å². The molecule has 1 aromatic carbocycles. The summed E-state index contributed by atoms with van der Waals surface area (Å²) in [5, 5.41) is 12.2. The Morgan fingerprint density at radius 2 is 2.09 bits per heavy atom. The van der Waals surface area contributed by atoms with Crippen LogP contribution in [0.1, 0.15) is 15.2 Å². The number of ketones is 1. The summed E-state index contributed by atoms with van der Waals surface area (Å²) in [6.07, 6.45) is 0. The molecule has 0 unspecified atom stereocenters. The molecule has 0 saturated carbocycles. The maximum absolute atomic E-state index is 12.5. The van der Waals surface area contributed by atoms with E-state index in [0.29, 0.717) is 26.4 Å². The van der Waals surface area contributed by atoms with Gasteiger partial charge in [-0.25, -0.2) is 0 Å². The molecule has 0 atom stereocenters. The van der Waals surface area contributed by atoms with Gasteiger partial charge >= 0.3 is 0 Å². The van der Waals surface area contributed by atoms with Gasteiger partial charge in [0.25, 0.3) is 0 Å². The summed E-state index contributed by atoms with van der Waals surface area (Å²) < 4.78 is 0. The van der Waals surface area contributed by atoms with Crippen LogP contribution in [0, 0.1) is 0 Å². The number of aromatic nitrogens is 2. The van der Waals surface area contributed by atoms with Crippen molar-refractivity contribution >= 4 is 57.6 Å². The molecule has 8 heteroatoms. The minimum absolute atomic E-state index is 0.194. The van der Waals surface area contributed by atoms with Crippen LogP contribution >= 0.6 is 34.5 Å². The Morgan fingerprint density at radius 1 is 1.27 bits per heavy atom. The summed E-state index contributed by atoms with van der Waals surface area (Å²) in [5.41, 5.74) is 6.66. The van der Waals surface area contributed by atoms with Gasteiger partial charge in [-0.05, 0) is 23.6 Å². The van der Waals surface area contributed by atoms with Gasteiger partial charge in [0.05, 0.1) is 20.6 Å². The first-order valence-electron chi connectivity index (χ1n) is 6.21. The quantitative estimate of drug-likeness (QED) is 0.610. The molecule has 5 nitrogen and oxygen atoms in total. The third kappa shape index (κ3) is 2.68. The van der Waals surface area contributed by atoms with Crippen molar-refractivity contribution in [3.05, 3.63) is 56.2 Å². The average Bonchev–Trinajstić information content (AvgIpc) is 3.14. The lowest BCUT2D eigenvalue weighted by molar-refractivity contribution is 0.104. The summed E-state index contributed by atoms with van der Waals surface area (Å²) in [7, 11) is 0. The number of hydrogen-bond acceptors (Lipinski definition) is 5. The van der Waals surface area contributed by atoms with Crippen molar-refractivity contribution in [2.45, 2.75) is 0 Å². The number of H-pyrrole nitrogens is 1. The first-order valence-corrected chi connectivity index (χ1v) is 7.84. The number of aromatic amines is 1. The minimum Gasteiger partial charge on any atom is -0.383 e. The number of carbonyl (C=O) groups is 1. The number of halogens is 2. The summed E-state index contributed by atoms with van der Waals surface area (Å²) in [5.74, 6) is 0.293. The van der Waals surface area contributed by atoms with Crippen molar-refractivity contribution in [2.75, 3.05) is 11.1 Å². The van der Waals surface area contributed by atoms with E-state index in [4.69, 9.17) is 28.9 Å². The Balaban J connectivity index is 1.99. The van der Waals surface area contributed by atoms with Crippen LogP contribution in [0.3, 0.4) is 0 Å².